The Labute approximate surface area is 199 Å². The molecule has 2 N–H and O–H groups in total. The Morgan fingerprint density at radius 3 is 2.03 bits per heavy atom. The topological polar surface area (TPSA) is 84.9 Å². The van der Waals surface area contributed by atoms with Crippen LogP contribution < -0.4 is 5.32 Å². The fourth-order valence-corrected chi connectivity index (χ4v) is 4.22. The molecule has 0 saturated carbocycles. The van der Waals surface area contributed by atoms with E-state index >= 15 is 0 Å². The van der Waals surface area contributed by atoms with Crippen molar-refractivity contribution in [2.45, 2.75) is 44.8 Å². The first-order chi connectivity index (χ1) is 16.2. The minimum atomic E-state index is -0.931. The number of hydrogen-bond acceptors (Lipinski definition) is 5. The first kappa shape index (κ1) is 23.4. The van der Waals surface area contributed by atoms with Crippen molar-refractivity contribution in [1.82, 2.24) is 5.32 Å². The highest BCUT2D eigenvalue weighted by Gasteiger charge is 2.31. The van der Waals surface area contributed by atoms with Crippen molar-refractivity contribution in [3.63, 3.8) is 0 Å². The van der Waals surface area contributed by atoms with Crippen molar-refractivity contribution in [3.05, 3.63) is 89.5 Å². The van der Waals surface area contributed by atoms with Crippen molar-refractivity contribution in [2.75, 3.05) is 6.61 Å². The second-order valence-electron chi connectivity index (χ2n) is 9.43. The van der Waals surface area contributed by atoms with Crippen LogP contribution in [0.5, 0.6) is 5.75 Å². The third-order valence-corrected chi connectivity index (χ3v) is 5.70. The van der Waals surface area contributed by atoms with Crippen molar-refractivity contribution >= 4 is 12.1 Å². The van der Waals surface area contributed by atoms with Gasteiger partial charge in [0.25, 0.3) is 0 Å². The van der Waals surface area contributed by atoms with E-state index in [-0.39, 0.29) is 24.7 Å². The van der Waals surface area contributed by atoms with Crippen LogP contribution in [0.2, 0.25) is 0 Å². The van der Waals surface area contributed by atoms with E-state index in [1.165, 1.54) is 12.1 Å². The van der Waals surface area contributed by atoms with Crippen LogP contribution in [0.4, 0.5) is 4.79 Å². The van der Waals surface area contributed by atoms with Gasteiger partial charge in [-0.3, -0.25) is 0 Å². The summed E-state index contributed by atoms with van der Waals surface area (Å²) in [6, 6.07) is 21.8. The van der Waals surface area contributed by atoms with Gasteiger partial charge in [0.15, 0.2) is 0 Å². The summed E-state index contributed by atoms with van der Waals surface area (Å²) in [6.45, 7) is 5.47. The molecule has 1 atom stereocenters. The molecule has 1 aliphatic carbocycles. The van der Waals surface area contributed by atoms with Gasteiger partial charge in [-0.25, -0.2) is 9.59 Å². The van der Waals surface area contributed by atoms with E-state index in [1.807, 2.05) is 24.3 Å². The quantitative estimate of drug-likeness (QED) is 0.295. The van der Waals surface area contributed by atoms with Gasteiger partial charge >= 0.3 is 12.1 Å². The van der Waals surface area contributed by atoms with E-state index in [2.05, 4.69) is 29.6 Å². The number of carbonyl (C=O) groups excluding carboxylic acids is 2. The van der Waals surface area contributed by atoms with E-state index in [9.17, 15) is 14.7 Å². The average Bonchev–Trinajstić information content (AvgIpc) is 3.11. The molecular weight excluding hydrogens is 440 g/mol. The molecule has 0 aliphatic heterocycles. The van der Waals surface area contributed by atoms with Gasteiger partial charge < -0.3 is 19.9 Å². The monoisotopic (exact) mass is 469 g/mol. The van der Waals surface area contributed by atoms with Crippen LogP contribution in [0.3, 0.4) is 0 Å². The number of carbonyl (C=O) groups is 2. The molecule has 0 aromatic heterocycles. The van der Waals surface area contributed by atoms with Crippen LogP contribution in [0.25, 0.3) is 11.1 Å². The van der Waals surface area contributed by atoms with Crippen molar-refractivity contribution < 1.29 is 24.2 Å². The molecule has 176 valence electrons. The Balaban J connectivity index is 1.46. The van der Waals surface area contributed by atoms with Crippen molar-refractivity contribution in [2.24, 2.45) is 0 Å². The smallest absolute Gasteiger partial charge is 0.407 e. The maximum atomic E-state index is 12.8. The predicted octanol–water partition coefficient (Wildman–Crippen LogP) is 5.18. The number of hydrogen-bond donors (Lipinski definition) is 2. The number of rotatable bonds is 6. The van der Waals surface area contributed by atoms with Crippen molar-refractivity contribution in [1.29, 1.82) is 0 Å². The molecule has 0 unspecified atom stereocenters. The number of benzene rings is 3. The number of phenolic OH excluding ortho intramolecular Hbond substituents is 1. The number of alkyl carbamates (subject to hydrolysis) is 1. The number of esters is 1. The van der Waals surface area contributed by atoms with Crippen molar-refractivity contribution in [3.8, 4) is 16.9 Å². The van der Waals surface area contributed by atoms with Gasteiger partial charge in [-0.05, 0) is 60.7 Å². The number of amides is 1. The highest BCUT2D eigenvalue weighted by molar-refractivity contribution is 5.82. The molecule has 1 aliphatic rings. The molecule has 6 nitrogen and oxygen atoms in total. The van der Waals surface area contributed by atoms with Crippen LogP contribution in [-0.2, 0) is 20.7 Å². The number of aromatic hydroxyl groups is 1. The molecule has 0 heterocycles. The number of phenols is 1. The molecular formula is C28H29NO5. The van der Waals surface area contributed by atoms with Gasteiger partial charge in [-0.15, -0.1) is 0 Å². The summed E-state index contributed by atoms with van der Waals surface area (Å²) in [7, 11) is 0. The lowest BCUT2D eigenvalue weighted by molar-refractivity contribution is -0.157. The third kappa shape index (κ3) is 5.39. The van der Waals surface area contributed by atoms with Crippen LogP contribution in [0.1, 0.15) is 43.4 Å². The van der Waals surface area contributed by atoms with Crippen LogP contribution in [0, 0.1) is 0 Å². The highest BCUT2D eigenvalue weighted by Crippen LogP contribution is 2.44. The zero-order chi connectivity index (χ0) is 24.3. The van der Waals surface area contributed by atoms with E-state index in [0.717, 1.165) is 27.8 Å². The Morgan fingerprint density at radius 1 is 0.912 bits per heavy atom. The molecule has 0 fully saturated rings. The molecule has 3 aromatic carbocycles. The molecule has 0 bridgehead atoms. The molecule has 0 saturated heterocycles. The summed E-state index contributed by atoms with van der Waals surface area (Å²) in [5, 5.41) is 12.2. The summed E-state index contributed by atoms with van der Waals surface area (Å²) in [5.41, 5.74) is 4.59. The standard InChI is InChI=1S/C28H29NO5/c1-28(2,3)34-26(31)25(16-18-12-14-19(30)15-13-18)29-27(32)33-17-24-22-10-6-4-8-20(22)21-9-5-7-11-23(21)24/h4-15,24-25,30H,16-17H2,1-3H3,(H,29,32)/t25-/m0/s1/i12+1,13+1,14+1,15+1,16+1,18+1,19+1,25+1,26+1,29+1. The fourth-order valence-electron chi connectivity index (χ4n) is 4.22. The lowest BCUT2D eigenvalue weighted by atomic mass is 9.98. The molecule has 0 radical (unpaired) electrons. The Morgan fingerprint density at radius 2 is 1.47 bits per heavy atom. The Bertz CT molecular complexity index is 1130. The Hall–Kier alpha value is -3.80. The predicted molar refractivity (Wildman–Crippen MR) is 130 cm³/mol. The minimum Gasteiger partial charge on any atom is -0.508 e. The normalized spacial score (nSPS) is 13.5. The molecule has 6 heteroatoms. The maximum Gasteiger partial charge on any atom is 0.407 e. The van der Waals surface area contributed by atoms with Crippen LogP contribution in [-0.4, -0.2) is 35.4 Å². The maximum absolute atomic E-state index is 12.8. The van der Waals surface area contributed by atoms with Gasteiger partial charge in [-0.2, -0.15) is 0 Å². The molecule has 0 spiro atoms. The minimum absolute atomic E-state index is 0.0739. The largest absolute Gasteiger partial charge is 0.508 e. The van der Waals surface area contributed by atoms with Gasteiger partial charge in [0.2, 0.25) is 0 Å². The van der Waals surface area contributed by atoms with E-state index in [4.69, 9.17) is 9.47 Å². The number of ether oxygens (including phenoxy) is 2. The van der Waals surface area contributed by atoms with E-state index in [1.54, 1.807) is 32.9 Å². The van der Waals surface area contributed by atoms with Gasteiger partial charge in [0.1, 0.15) is 24.0 Å². The third-order valence-electron chi connectivity index (χ3n) is 5.70. The summed E-state index contributed by atoms with van der Waals surface area (Å²) in [6.07, 6.45) is -0.476. The first-order valence-electron chi connectivity index (χ1n) is 11.3. The second-order valence-corrected chi connectivity index (χ2v) is 9.43. The zero-order valence-corrected chi connectivity index (χ0v) is 19.6. The highest BCUT2D eigenvalue weighted by atomic mass is 16.7. The molecule has 4 rings (SSSR count). The number of nitrogens with one attached hydrogen (secondary N) is 1. The summed E-state index contributed by atoms with van der Waals surface area (Å²) in [5.74, 6) is -0.494. The van der Waals surface area contributed by atoms with Crippen LogP contribution in [0.15, 0.2) is 72.8 Å². The lowest BCUT2D eigenvalue weighted by Crippen LogP contribution is -2.46. The zero-order valence-electron chi connectivity index (χ0n) is 19.6. The first-order valence-corrected chi connectivity index (χ1v) is 11.3. The summed E-state index contributed by atoms with van der Waals surface area (Å²) >= 11 is 0. The summed E-state index contributed by atoms with van der Waals surface area (Å²) < 4.78 is 11.1. The molecule has 3 aromatic rings. The van der Waals surface area contributed by atoms with Crippen LogP contribution >= 0.6 is 0 Å². The second kappa shape index (κ2) is 9.59. The lowest BCUT2D eigenvalue weighted by Gasteiger charge is -2.25. The number of fused-ring (bicyclic) bond motifs is 3. The van der Waals surface area contributed by atoms with E-state index < -0.39 is 23.7 Å². The molecule has 34 heavy (non-hydrogen) atoms. The summed E-state index contributed by atoms with van der Waals surface area (Å²) in [4.78, 5) is 25.6. The van der Waals surface area contributed by atoms with Gasteiger partial charge in [0, 0.05) is 12.3 Å². The fraction of sp³-hybridized carbons (Fsp3) is 0.286. The SMILES string of the molecule is CC(C)(C)O[13C](=O)[13C@H]([13CH2][13c]1[13cH][13cH][13c](O)[13cH][13cH]1)[15NH]C(=O)OCC1c2ccccc2-c2ccccc21. The Kier molecular flexibility index (Phi) is 6.59. The van der Waals surface area contributed by atoms with Gasteiger partial charge in [-0.1, -0.05) is 60.7 Å². The van der Waals surface area contributed by atoms with E-state index in [0.29, 0.717) is 0 Å². The molecule has 1 amide bonds. The average molecular weight is 469 g/mol. The van der Waals surface area contributed by atoms with Gasteiger partial charge in [0.05, 0.1) is 0 Å².